The summed E-state index contributed by atoms with van der Waals surface area (Å²) in [4.78, 5) is 17.0. The molecule has 1 aromatic carbocycles. The highest BCUT2D eigenvalue weighted by Crippen LogP contribution is 2.30. The van der Waals surface area contributed by atoms with Gasteiger partial charge in [0.2, 0.25) is 0 Å². The number of nitrogens with one attached hydrogen (secondary N) is 2. The number of rotatable bonds is 5. The third-order valence-corrected chi connectivity index (χ3v) is 5.01. The van der Waals surface area contributed by atoms with Gasteiger partial charge >= 0.3 is 0 Å². The highest BCUT2D eigenvalue weighted by molar-refractivity contribution is 5.95. The van der Waals surface area contributed by atoms with Crippen molar-refractivity contribution in [1.82, 2.24) is 25.4 Å². The second kappa shape index (κ2) is 8.31. The minimum atomic E-state index is -0.327. The summed E-state index contributed by atoms with van der Waals surface area (Å²) in [6, 6.07) is 10.0. The van der Waals surface area contributed by atoms with Gasteiger partial charge in [-0.15, -0.1) is 0 Å². The van der Waals surface area contributed by atoms with Crippen LogP contribution in [0.1, 0.15) is 40.4 Å². The van der Waals surface area contributed by atoms with Crippen molar-refractivity contribution >= 4 is 5.91 Å². The molecular weight excluding hydrogens is 357 g/mol. The standard InChI is InChI=1S/C21H22FN5O/c22-17-4-1-5-18(11-17)27-20(16-6-9-23-10-7-16)19(14-26-27)21(28)25-13-15-3-2-8-24-12-15/h1-5,8,11-12,14,16,23H,6-7,9-10,13H2,(H,25,28). The SMILES string of the molecule is O=C(NCc1cccnc1)c1cnn(-c2cccc(F)c2)c1C1CCNCC1. The van der Waals surface area contributed by atoms with E-state index in [-0.39, 0.29) is 17.6 Å². The van der Waals surface area contributed by atoms with Crippen molar-refractivity contribution in [2.45, 2.75) is 25.3 Å². The van der Waals surface area contributed by atoms with Crippen LogP contribution in [0, 0.1) is 5.82 Å². The van der Waals surface area contributed by atoms with Gasteiger partial charge in [-0.2, -0.15) is 5.10 Å². The summed E-state index contributed by atoms with van der Waals surface area (Å²) in [5.74, 6) is -0.321. The Balaban J connectivity index is 1.65. The number of benzene rings is 1. The zero-order valence-electron chi connectivity index (χ0n) is 15.4. The van der Waals surface area contributed by atoms with Crippen LogP contribution < -0.4 is 10.6 Å². The van der Waals surface area contributed by atoms with Gasteiger partial charge in [0, 0.05) is 24.9 Å². The van der Waals surface area contributed by atoms with Crippen molar-refractivity contribution in [3.8, 4) is 5.69 Å². The monoisotopic (exact) mass is 379 g/mol. The normalized spacial score (nSPS) is 14.8. The Bertz CT molecular complexity index is 950. The molecule has 0 aliphatic carbocycles. The summed E-state index contributed by atoms with van der Waals surface area (Å²) >= 11 is 0. The number of aromatic nitrogens is 3. The van der Waals surface area contributed by atoms with Gasteiger partial charge in [0.05, 0.1) is 23.1 Å². The minimum Gasteiger partial charge on any atom is -0.348 e. The molecule has 0 atom stereocenters. The van der Waals surface area contributed by atoms with E-state index in [9.17, 15) is 9.18 Å². The zero-order chi connectivity index (χ0) is 19.3. The molecule has 4 rings (SSSR count). The van der Waals surface area contributed by atoms with E-state index in [1.165, 1.54) is 12.1 Å². The van der Waals surface area contributed by atoms with Crippen LogP contribution >= 0.6 is 0 Å². The molecule has 7 heteroatoms. The van der Waals surface area contributed by atoms with Crippen LogP contribution in [0.5, 0.6) is 0 Å². The molecule has 144 valence electrons. The molecule has 1 fully saturated rings. The molecule has 2 aromatic heterocycles. The van der Waals surface area contributed by atoms with Gasteiger partial charge in [0.25, 0.3) is 5.91 Å². The van der Waals surface area contributed by atoms with Gasteiger partial charge in [-0.1, -0.05) is 12.1 Å². The van der Waals surface area contributed by atoms with Gasteiger partial charge in [0.15, 0.2) is 0 Å². The summed E-state index contributed by atoms with van der Waals surface area (Å²) in [5, 5.41) is 10.7. The Kier molecular flexibility index (Phi) is 5.43. The predicted octanol–water partition coefficient (Wildman–Crippen LogP) is 2.80. The summed E-state index contributed by atoms with van der Waals surface area (Å²) in [7, 11) is 0. The Morgan fingerprint density at radius 3 is 2.82 bits per heavy atom. The largest absolute Gasteiger partial charge is 0.348 e. The van der Waals surface area contributed by atoms with Crippen molar-refractivity contribution in [2.75, 3.05) is 13.1 Å². The molecular formula is C21H22FN5O. The molecule has 3 aromatic rings. The van der Waals surface area contributed by atoms with E-state index in [1.807, 2.05) is 12.1 Å². The van der Waals surface area contributed by atoms with Crippen LogP contribution in [-0.4, -0.2) is 33.8 Å². The molecule has 0 radical (unpaired) electrons. The first-order valence-corrected chi connectivity index (χ1v) is 9.44. The van der Waals surface area contributed by atoms with E-state index in [1.54, 1.807) is 35.4 Å². The molecule has 28 heavy (non-hydrogen) atoms. The first kappa shape index (κ1) is 18.3. The van der Waals surface area contributed by atoms with E-state index in [0.717, 1.165) is 37.2 Å². The number of halogens is 1. The number of carbonyl (C=O) groups excluding carboxylic acids is 1. The van der Waals surface area contributed by atoms with Crippen LogP contribution in [0.2, 0.25) is 0 Å². The molecule has 6 nitrogen and oxygen atoms in total. The van der Waals surface area contributed by atoms with Crippen LogP contribution in [0.25, 0.3) is 5.69 Å². The number of carbonyl (C=O) groups is 1. The number of hydrogen-bond acceptors (Lipinski definition) is 4. The van der Waals surface area contributed by atoms with Gasteiger partial charge in [-0.05, 0) is 55.8 Å². The van der Waals surface area contributed by atoms with Crippen molar-refractivity contribution < 1.29 is 9.18 Å². The molecule has 0 bridgehead atoms. The summed E-state index contributed by atoms with van der Waals surface area (Å²) in [6.45, 7) is 2.16. The summed E-state index contributed by atoms with van der Waals surface area (Å²) in [6.07, 6.45) is 6.82. The topological polar surface area (TPSA) is 71.8 Å². The first-order chi connectivity index (χ1) is 13.7. The molecule has 0 saturated carbocycles. The lowest BCUT2D eigenvalue weighted by Gasteiger charge is -2.24. The molecule has 2 N–H and O–H groups in total. The summed E-state index contributed by atoms with van der Waals surface area (Å²) < 4.78 is 15.5. The van der Waals surface area contributed by atoms with Crippen molar-refractivity contribution in [3.05, 3.63) is 77.6 Å². The smallest absolute Gasteiger partial charge is 0.255 e. The maximum Gasteiger partial charge on any atom is 0.255 e. The molecule has 1 saturated heterocycles. The van der Waals surface area contributed by atoms with Crippen LogP contribution in [0.15, 0.2) is 55.0 Å². The lowest BCUT2D eigenvalue weighted by Crippen LogP contribution is -2.30. The van der Waals surface area contributed by atoms with Crippen molar-refractivity contribution in [2.24, 2.45) is 0 Å². The Labute approximate surface area is 162 Å². The molecule has 1 aliphatic heterocycles. The lowest BCUT2D eigenvalue weighted by molar-refractivity contribution is 0.0949. The Morgan fingerprint density at radius 1 is 1.21 bits per heavy atom. The Morgan fingerprint density at radius 2 is 2.07 bits per heavy atom. The van der Waals surface area contributed by atoms with Crippen molar-refractivity contribution in [1.29, 1.82) is 0 Å². The van der Waals surface area contributed by atoms with Gasteiger partial charge in [-0.25, -0.2) is 9.07 Å². The number of piperidine rings is 1. The van der Waals surface area contributed by atoms with Gasteiger partial charge < -0.3 is 10.6 Å². The fourth-order valence-corrected chi connectivity index (χ4v) is 3.61. The second-order valence-corrected chi connectivity index (χ2v) is 6.90. The fourth-order valence-electron chi connectivity index (χ4n) is 3.61. The number of amides is 1. The number of nitrogens with zero attached hydrogens (tertiary/aromatic N) is 3. The van der Waals surface area contributed by atoms with Crippen LogP contribution in [0.4, 0.5) is 4.39 Å². The van der Waals surface area contributed by atoms with Gasteiger partial charge in [0.1, 0.15) is 5.82 Å². The van der Waals surface area contributed by atoms with Gasteiger partial charge in [-0.3, -0.25) is 9.78 Å². The number of hydrogen-bond donors (Lipinski definition) is 2. The molecule has 0 spiro atoms. The van der Waals surface area contributed by atoms with E-state index in [2.05, 4.69) is 20.7 Å². The zero-order valence-corrected chi connectivity index (χ0v) is 15.4. The summed E-state index contributed by atoms with van der Waals surface area (Å²) in [5.41, 5.74) is 2.94. The second-order valence-electron chi connectivity index (χ2n) is 6.90. The molecule has 1 amide bonds. The van der Waals surface area contributed by atoms with E-state index < -0.39 is 0 Å². The first-order valence-electron chi connectivity index (χ1n) is 9.44. The fraction of sp³-hybridized carbons (Fsp3) is 0.286. The van der Waals surface area contributed by atoms with Crippen molar-refractivity contribution in [3.63, 3.8) is 0 Å². The predicted molar refractivity (Wildman–Crippen MR) is 104 cm³/mol. The van der Waals surface area contributed by atoms with E-state index >= 15 is 0 Å². The van der Waals surface area contributed by atoms with E-state index in [0.29, 0.717) is 17.8 Å². The Hall–Kier alpha value is -3.06. The maximum atomic E-state index is 13.8. The number of pyridine rings is 1. The quantitative estimate of drug-likeness (QED) is 0.715. The third kappa shape index (κ3) is 3.94. The highest BCUT2D eigenvalue weighted by Gasteiger charge is 2.27. The van der Waals surface area contributed by atoms with E-state index in [4.69, 9.17) is 0 Å². The lowest BCUT2D eigenvalue weighted by atomic mass is 9.91. The third-order valence-electron chi connectivity index (χ3n) is 5.01. The molecule has 0 unspecified atom stereocenters. The average Bonchev–Trinajstić information content (AvgIpc) is 3.19. The highest BCUT2D eigenvalue weighted by atomic mass is 19.1. The van der Waals surface area contributed by atoms with Crippen LogP contribution in [0.3, 0.4) is 0 Å². The van der Waals surface area contributed by atoms with Crippen LogP contribution in [-0.2, 0) is 6.54 Å². The minimum absolute atomic E-state index is 0.181. The average molecular weight is 379 g/mol. The molecule has 1 aliphatic rings. The molecule has 3 heterocycles. The maximum absolute atomic E-state index is 13.8.